The Hall–Kier alpha value is -1.89. The van der Waals surface area contributed by atoms with E-state index >= 15 is 0 Å². The molecule has 1 aromatic rings. The van der Waals surface area contributed by atoms with Crippen molar-refractivity contribution in [2.75, 3.05) is 13.2 Å². The molecule has 1 fully saturated rings. The summed E-state index contributed by atoms with van der Waals surface area (Å²) in [5, 5.41) is 11.4. The molecule has 7 heteroatoms. The molecule has 1 saturated heterocycles. The number of nitrogens with zero attached hydrogens (tertiary/aromatic N) is 2. The van der Waals surface area contributed by atoms with Crippen molar-refractivity contribution in [1.29, 1.82) is 0 Å². The van der Waals surface area contributed by atoms with Crippen molar-refractivity contribution in [2.24, 2.45) is 0 Å². The van der Waals surface area contributed by atoms with E-state index in [1.807, 2.05) is 0 Å². The summed E-state index contributed by atoms with van der Waals surface area (Å²) in [4.78, 5) is 25.9. The van der Waals surface area contributed by atoms with Gasteiger partial charge >= 0.3 is 5.97 Å². The van der Waals surface area contributed by atoms with Crippen molar-refractivity contribution < 1.29 is 19.4 Å². The second-order valence-corrected chi connectivity index (χ2v) is 4.09. The second-order valence-electron chi connectivity index (χ2n) is 4.09. The summed E-state index contributed by atoms with van der Waals surface area (Å²) in [6, 6.07) is 0. The van der Waals surface area contributed by atoms with Gasteiger partial charge in [0.25, 0.3) is 0 Å². The van der Waals surface area contributed by atoms with Crippen LogP contribution in [0.4, 0.5) is 0 Å². The van der Waals surface area contributed by atoms with E-state index in [0.717, 1.165) is 12.8 Å². The number of ether oxygens (including phenoxy) is 1. The van der Waals surface area contributed by atoms with Crippen LogP contribution in [0.3, 0.4) is 0 Å². The Morgan fingerprint density at radius 2 is 2.44 bits per heavy atom. The number of carbonyl (C=O) groups is 2. The Morgan fingerprint density at radius 3 is 3.06 bits per heavy atom. The Kier molecular flexibility index (Phi) is 3.93. The van der Waals surface area contributed by atoms with Gasteiger partial charge in [0.2, 0.25) is 5.91 Å². The van der Waals surface area contributed by atoms with Gasteiger partial charge in [-0.3, -0.25) is 4.79 Å². The molecule has 2 N–H and O–H groups in total. The molecule has 0 bridgehead atoms. The molecule has 1 aliphatic heterocycles. The quantitative estimate of drug-likeness (QED) is 0.762. The van der Waals surface area contributed by atoms with E-state index in [2.05, 4.69) is 10.3 Å². The smallest absolute Gasteiger partial charge is 0.356 e. The fraction of sp³-hybridized carbons (Fsp3) is 0.545. The number of hydrogen-bond acceptors (Lipinski definition) is 4. The van der Waals surface area contributed by atoms with Gasteiger partial charge in [0.05, 0.1) is 6.33 Å². The van der Waals surface area contributed by atoms with Gasteiger partial charge in [0.1, 0.15) is 6.10 Å². The molecule has 1 aromatic heterocycles. The van der Waals surface area contributed by atoms with Crippen LogP contribution in [-0.2, 0) is 16.1 Å². The number of aromatic nitrogens is 2. The molecular formula is C11H15N3O4. The van der Waals surface area contributed by atoms with E-state index in [1.54, 1.807) is 4.57 Å². The summed E-state index contributed by atoms with van der Waals surface area (Å²) in [6.45, 7) is 1.55. The van der Waals surface area contributed by atoms with Gasteiger partial charge in [-0.2, -0.15) is 0 Å². The normalized spacial score (nSPS) is 18.8. The van der Waals surface area contributed by atoms with Crippen molar-refractivity contribution >= 4 is 11.9 Å². The summed E-state index contributed by atoms with van der Waals surface area (Å²) in [7, 11) is 0. The topological polar surface area (TPSA) is 93.5 Å². The van der Waals surface area contributed by atoms with Gasteiger partial charge < -0.3 is 19.7 Å². The molecule has 0 aromatic carbocycles. The monoisotopic (exact) mass is 253 g/mol. The molecule has 0 aliphatic carbocycles. The largest absolute Gasteiger partial charge is 0.476 e. The van der Waals surface area contributed by atoms with Gasteiger partial charge in [-0.25, -0.2) is 9.78 Å². The zero-order valence-electron chi connectivity index (χ0n) is 9.83. The van der Waals surface area contributed by atoms with E-state index in [0.29, 0.717) is 19.7 Å². The molecule has 0 spiro atoms. The lowest BCUT2D eigenvalue weighted by Crippen LogP contribution is -2.35. The fourth-order valence-corrected chi connectivity index (χ4v) is 1.80. The standard InChI is InChI=1S/C11H15N3O4/c15-10(9-2-1-5-18-9)12-3-4-14-6-8(11(16)17)13-7-14/h6-7,9H,1-5H2,(H,12,15)(H,16,17)/t9-/m0/s1. The van der Waals surface area contributed by atoms with Crippen LogP contribution in [-0.4, -0.2) is 45.8 Å². The number of hydrogen-bond donors (Lipinski definition) is 2. The van der Waals surface area contributed by atoms with Crippen molar-refractivity contribution in [3.05, 3.63) is 18.2 Å². The number of carboxylic acids is 1. The molecule has 7 nitrogen and oxygen atoms in total. The Bertz CT molecular complexity index is 437. The van der Waals surface area contributed by atoms with E-state index < -0.39 is 5.97 Å². The van der Waals surface area contributed by atoms with Crippen LogP contribution < -0.4 is 5.32 Å². The minimum Gasteiger partial charge on any atom is -0.476 e. The van der Waals surface area contributed by atoms with E-state index in [-0.39, 0.29) is 17.7 Å². The highest BCUT2D eigenvalue weighted by molar-refractivity contribution is 5.84. The molecule has 1 aliphatic rings. The number of carbonyl (C=O) groups excluding carboxylic acids is 1. The Balaban J connectivity index is 1.74. The summed E-state index contributed by atoms with van der Waals surface area (Å²) >= 11 is 0. The first-order chi connectivity index (χ1) is 8.66. The highest BCUT2D eigenvalue weighted by Crippen LogP contribution is 2.11. The summed E-state index contributed by atoms with van der Waals surface area (Å²) in [6.07, 6.45) is 4.21. The Morgan fingerprint density at radius 1 is 1.61 bits per heavy atom. The predicted molar refractivity (Wildman–Crippen MR) is 61.2 cm³/mol. The maximum atomic E-state index is 11.6. The molecule has 18 heavy (non-hydrogen) atoms. The van der Waals surface area contributed by atoms with E-state index in [9.17, 15) is 9.59 Å². The number of aromatic carboxylic acids is 1. The lowest BCUT2D eigenvalue weighted by atomic mass is 10.2. The molecular weight excluding hydrogens is 238 g/mol. The van der Waals surface area contributed by atoms with Gasteiger partial charge in [-0.15, -0.1) is 0 Å². The van der Waals surface area contributed by atoms with Crippen LogP contribution in [0.15, 0.2) is 12.5 Å². The molecule has 2 heterocycles. The second kappa shape index (κ2) is 5.63. The van der Waals surface area contributed by atoms with E-state index in [4.69, 9.17) is 9.84 Å². The van der Waals surface area contributed by atoms with Crippen molar-refractivity contribution in [3.63, 3.8) is 0 Å². The van der Waals surface area contributed by atoms with Gasteiger partial charge in [-0.05, 0) is 12.8 Å². The summed E-state index contributed by atoms with van der Waals surface area (Å²) in [5.74, 6) is -1.16. The van der Waals surface area contributed by atoms with Crippen LogP contribution in [0.25, 0.3) is 0 Å². The van der Waals surface area contributed by atoms with Gasteiger partial charge in [-0.1, -0.05) is 0 Å². The molecule has 1 amide bonds. The molecule has 2 rings (SSSR count). The molecule has 0 radical (unpaired) electrons. The minimum absolute atomic E-state index is 0.000419. The lowest BCUT2D eigenvalue weighted by Gasteiger charge is -2.10. The van der Waals surface area contributed by atoms with Crippen molar-refractivity contribution in [1.82, 2.24) is 14.9 Å². The zero-order chi connectivity index (χ0) is 13.0. The highest BCUT2D eigenvalue weighted by Gasteiger charge is 2.22. The van der Waals surface area contributed by atoms with Crippen LogP contribution in [0.2, 0.25) is 0 Å². The number of carboxylic acid groups (broad SMARTS) is 1. The summed E-state index contributed by atoms with van der Waals surface area (Å²) < 4.78 is 6.87. The third kappa shape index (κ3) is 3.07. The van der Waals surface area contributed by atoms with Crippen LogP contribution in [0, 0.1) is 0 Å². The molecule has 1 atom stereocenters. The third-order valence-corrected chi connectivity index (χ3v) is 2.74. The van der Waals surface area contributed by atoms with Gasteiger partial charge in [0, 0.05) is 25.9 Å². The van der Waals surface area contributed by atoms with Crippen molar-refractivity contribution in [3.8, 4) is 0 Å². The zero-order valence-corrected chi connectivity index (χ0v) is 9.83. The number of nitrogens with one attached hydrogen (secondary N) is 1. The van der Waals surface area contributed by atoms with Crippen molar-refractivity contribution in [2.45, 2.75) is 25.5 Å². The first kappa shape index (κ1) is 12.6. The average molecular weight is 253 g/mol. The SMILES string of the molecule is O=C(O)c1cn(CCNC(=O)[C@@H]2CCCO2)cn1. The van der Waals surface area contributed by atoms with Crippen LogP contribution in [0.5, 0.6) is 0 Å². The number of imidazole rings is 1. The van der Waals surface area contributed by atoms with E-state index in [1.165, 1.54) is 12.5 Å². The van der Waals surface area contributed by atoms with Crippen LogP contribution in [0.1, 0.15) is 23.3 Å². The summed E-state index contributed by atoms with van der Waals surface area (Å²) in [5.41, 5.74) is 0.000419. The predicted octanol–water partition coefficient (Wildman–Crippen LogP) is -0.124. The average Bonchev–Trinajstić information content (AvgIpc) is 3.00. The number of amides is 1. The first-order valence-corrected chi connectivity index (χ1v) is 5.81. The lowest BCUT2D eigenvalue weighted by molar-refractivity contribution is -0.130. The molecule has 98 valence electrons. The number of rotatable bonds is 5. The minimum atomic E-state index is -1.06. The Labute approximate surface area is 104 Å². The highest BCUT2D eigenvalue weighted by atomic mass is 16.5. The maximum absolute atomic E-state index is 11.6. The molecule has 0 saturated carbocycles. The maximum Gasteiger partial charge on any atom is 0.356 e. The first-order valence-electron chi connectivity index (χ1n) is 5.81. The van der Waals surface area contributed by atoms with Crippen LogP contribution >= 0.6 is 0 Å². The molecule has 0 unspecified atom stereocenters. The fourth-order valence-electron chi connectivity index (χ4n) is 1.80. The van der Waals surface area contributed by atoms with Gasteiger partial charge in [0.15, 0.2) is 5.69 Å². The third-order valence-electron chi connectivity index (χ3n) is 2.74.